The van der Waals surface area contributed by atoms with E-state index in [9.17, 15) is 19.2 Å². The number of nitrogens with zero attached hydrogens (tertiary/aromatic N) is 4. The summed E-state index contributed by atoms with van der Waals surface area (Å²) in [5, 5.41) is 3.41. The van der Waals surface area contributed by atoms with Gasteiger partial charge in [0.2, 0.25) is 11.8 Å². The Balaban J connectivity index is 1.31. The summed E-state index contributed by atoms with van der Waals surface area (Å²) in [6, 6.07) is 16.6. The molecular formula is C32H26N4O8. The second kappa shape index (κ2) is 9.66. The third-order valence-electron chi connectivity index (χ3n) is 9.05. The molecule has 0 radical (unpaired) electrons. The highest BCUT2D eigenvalue weighted by atomic mass is 16.5. The average molecular weight is 595 g/mol. The Morgan fingerprint density at radius 2 is 0.932 bits per heavy atom. The number of hydrazine groups is 1. The van der Waals surface area contributed by atoms with Crippen LogP contribution in [0.15, 0.2) is 94.2 Å². The van der Waals surface area contributed by atoms with Crippen molar-refractivity contribution in [1.29, 1.82) is 0 Å². The van der Waals surface area contributed by atoms with Crippen LogP contribution in [-0.2, 0) is 19.2 Å². The maximum Gasteiger partial charge on any atom is 0.253 e. The highest BCUT2D eigenvalue weighted by molar-refractivity contribution is 6.26. The number of methoxy groups -OCH3 is 2. The van der Waals surface area contributed by atoms with Crippen LogP contribution in [0.5, 0.6) is 11.5 Å². The van der Waals surface area contributed by atoms with Gasteiger partial charge < -0.3 is 18.3 Å². The van der Waals surface area contributed by atoms with Crippen LogP contribution in [0.2, 0.25) is 0 Å². The molecular weight excluding hydrogens is 568 g/mol. The van der Waals surface area contributed by atoms with E-state index in [0.717, 1.165) is 9.80 Å². The molecule has 0 saturated carbocycles. The van der Waals surface area contributed by atoms with Crippen LogP contribution in [-0.4, -0.2) is 59.9 Å². The maximum atomic E-state index is 14.4. The number of anilines is 2. The Kier molecular flexibility index (Phi) is 5.80. The molecule has 0 unspecified atom stereocenters. The van der Waals surface area contributed by atoms with Crippen LogP contribution in [0.4, 0.5) is 11.4 Å². The monoisotopic (exact) mass is 594 g/mol. The number of ether oxygens (including phenoxy) is 2. The first-order valence-corrected chi connectivity index (χ1v) is 14.1. The normalized spacial score (nSPS) is 28.1. The summed E-state index contributed by atoms with van der Waals surface area (Å²) >= 11 is 0. The minimum absolute atomic E-state index is 0.313. The number of hydrogen-bond acceptors (Lipinski definition) is 10. The number of imide groups is 2. The number of para-hydroxylation sites is 4. The number of benzene rings is 2. The van der Waals surface area contributed by atoms with Gasteiger partial charge in [0.1, 0.15) is 35.1 Å². The molecule has 6 atom stereocenters. The molecule has 0 aliphatic carbocycles. The molecule has 4 amide bonds. The van der Waals surface area contributed by atoms with Crippen LogP contribution >= 0.6 is 0 Å². The van der Waals surface area contributed by atoms with Crippen molar-refractivity contribution in [3.63, 3.8) is 0 Å². The van der Waals surface area contributed by atoms with Gasteiger partial charge in [-0.05, 0) is 48.5 Å². The van der Waals surface area contributed by atoms with Gasteiger partial charge in [-0.1, -0.05) is 24.3 Å². The molecule has 4 fully saturated rings. The zero-order valence-electron chi connectivity index (χ0n) is 23.6. The van der Waals surface area contributed by atoms with E-state index in [1.165, 1.54) is 26.7 Å². The zero-order valence-corrected chi connectivity index (χ0v) is 23.6. The Labute approximate surface area is 250 Å². The quantitative estimate of drug-likeness (QED) is 0.307. The summed E-state index contributed by atoms with van der Waals surface area (Å²) in [5.74, 6) is -2.34. The van der Waals surface area contributed by atoms with E-state index in [-0.39, 0.29) is 0 Å². The van der Waals surface area contributed by atoms with Crippen molar-refractivity contribution >= 4 is 35.0 Å². The third kappa shape index (κ3) is 3.34. The fourth-order valence-electron chi connectivity index (χ4n) is 7.42. The van der Waals surface area contributed by atoms with Gasteiger partial charge >= 0.3 is 0 Å². The van der Waals surface area contributed by atoms with Crippen molar-refractivity contribution < 1.29 is 37.5 Å². The Bertz CT molecular complexity index is 1670. The first-order valence-electron chi connectivity index (χ1n) is 14.1. The molecule has 222 valence electrons. The van der Waals surface area contributed by atoms with Gasteiger partial charge in [0.25, 0.3) is 11.8 Å². The van der Waals surface area contributed by atoms with E-state index in [4.69, 9.17) is 18.3 Å². The number of carbonyl (C=O) groups is 4. The van der Waals surface area contributed by atoms with Crippen molar-refractivity contribution in [3.8, 4) is 11.5 Å². The summed E-state index contributed by atoms with van der Waals surface area (Å²) in [4.78, 5) is 59.8. The fourth-order valence-corrected chi connectivity index (χ4v) is 7.42. The first-order chi connectivity index (χ1) is 21.5. The van der Waals surface area contributed by atoms with Crippen LogP contribution in [0.1, 0.15) is 23.6 Å². The molecule has 4 saturated heterocycles. The number of hydrogen-bond donors (Lipinski definition) is 0. The standard InChI is InChI=1S/C32H26N4O8/c1-41-19-11-5-3-9-17(19)33-29(37)23-25(21-13-7-15-43-21)36-28-24(26(22-14-8-16-44-22)35(36)27(23)31(33)39)30(38)34(32(28)40)18-10-4-6-12-20(18)42-2/h3-16,23-28H,1-2H3/t23-,24-,25+,26+,27+,28+/m0/s1. The molecule has 12 heteroatoms. The van der Waals surface area contributed by atoms with Crippen molar-refractivity contribution in [2.75, 3.05) is 24.0 Å². The average Bonchev–Trinajstić information content (AvgIpc) is 3.88. The second-order valence-electron chi connectivity index (χ2n) is 11.0. The minimum Gasteiger partial charge on any atom is -0.495 e. The van der Waals surface area contributed by atoms with Gasteiger partial charge in [-0.25, -0.2) is 19.8 Å². The number of rotatable bonds is 6. The van der Waals surface area contributed by atoms with E-state index in [2.05, 4.69) is 0 Å². The number of fused-ring (bicyclic) bond motifs is 5. The van der Waals surface area contributed by atoms with Crippen molar-refractivity contribution in [2.45, 2.75) is 24.2 Å². The van der Waals surface area contributed by atoms with Gasteiger partial charge in [-0.15, -0.1) is 0 Å². The number of furan rings is 2. The summed E-state index contributed by atoms with van der Waals surface area (Å²) < 4.78 is 22.7. The van der Waals surface area contributed by atoms with Gasteiger partial charge in [-0.2, -0.15) is 0 Å². The highest BCUT2D eigenvalue weighted by Gasteiger charge is 2.74. The molecule has 12 nitrogen and oxygen atoms in total. The SMILES string of the molecule is COc1ccccc1N1C(=O)[C@H]2[C@@H](c3ccco3)N3[C@H]4C(=O)N(c5ccccc5OC)C(=O)[C@H]4[C@@H](c4ccco4)N3[C@H]2C1=O. The van der Waals surface area contributed by atoms with Crippen molar-refractivity contribution in [2.24, 2.45) is 11.8 Å². The second-order valence-corrected chi connectivity index (χ2v) is 11.0. The van der Waals surface area contributed by atoms with E-state index in [1.54, 1.807) is 82.8 Å². The fraction of sp³-hybridized carbons (Fsp3) is 0.250. The smallest absolute Gasteiger partial charge is 0.253 e. The molecule has 4 aromatic rings. The van der Waals surface area contributed by atoms with Crippen LogP contribution in [0.3, 0.4) is 0 Å². The van der Waals surface area contributed by atoms with Crippen molar-refractivity contribution in [3.05, 3.63) is 96.8 Å². The van der Waals surface area contributed by atoms with E-state index < -0.39 is 59.6 Å². The Morgan fingerprint density at radius 1 is 0.523 bits per heavy atom. The van der Waals surface area contributed by atoms with Gasteiger partial charge in [0, 0.05) is 0 Å². The van der Waals surface area contributed by atoms with Gasteiger partial charge in [-0.3, -0.25) is 19.2 Å². The lowest BCUT2D eigenvalue weighted by Crippen LogP contribution is -2.50. The number of amides is 4. The summed E-state index contributed by atoms with van der Waals surface area (Å²) in [6.07, 6.45) is 2.96. The Morgan fingerprint density at radius 3 is 1.30 bits per heavy atom. The van der Waals surface area contributed by atoms with Gasteiger partial charge in [0.05, 0.1) is 62.0 Å². The molecule has 0 bridgehead atoms. The molecule has 8 rings (SSSR count). The first kappa shape index (κ1) is 26.4. The lowest BCUT2D eigenvalue weighted by atomic mass is 9.87. The molecule has 6 heterocycles. The molecule has 0 spiro atoms. The molecule has 4 aliphatic rings. The van der Waals surface area contributed by atoms with E-state index in [1.807, 2.05) is 0 Å². The lowest BCUT2D eigenvalue weighted by Gasteiger charge is -2.34. The summed E-state index contributed by atoms with van der Waals surface area (Å²) in [6.45, 7) is 0. The largest absolute Gasteiger partial charge is 0.495 e. The predicted molar refractivity (Wildman–Crippen MR) is 152 cm³/mol. The third-order valence-corrected chi connectivity index (χ3v) is 9.05. The molecule has 2 aromatic heterocycles. The molecule has 4 aliphatic heterocycles. The summed E-state index contributed by atoms with van der Waals surface area (Å²) in [7, 11) is 2.94. The van der Waals surface area contributed by atoms with Crippen LogP contribution in [0, 0.1) is 11.8 Å². The number of carbonyl (C=O) groups excluding carboxylic acids is 4. The van der Waals surface area contributed by atoms with Gasteiger partial charge in [0.15, 0.2) is 0 Å². The molecule has 2 aromatic carbocycles. The van der Waals surface area contributed by atoms with Crippen molar-refractivity contribution in [1.82, 2.24) is 10.0 Å². The predicted octanol–water partition coefficient (Wildman–Crippen LogP) is 3.33. The zero-order chi connectivity index (χ0) is 30.3. The summed E-state index contributed by atoms with van der Waals surface area (Å²) in [5.41, 5.74) is 0.625. The highest BCUT2D eigenvalue weighted by Crippen LogP contribution is 2.60. The molecule has 44 heavy (non-hydrogen) atoms. The minimum atomic E-state index is -1.05. The van der Waals surface area contributed by atoms with Crippen LogP contribution in [0.25, 0.3) is 0 Å². The lowest BCUT2D eigenvalue weighted by molar-refractivity contribution is -0.136. The Hall–Kier alpha value is -5.20. The van der Waals surface area contributed by atoms with Crippen LogP contribution < -0.4 is 19.3 Å². The maximum absolute atomic E-state index is 14.4. The van der Waals surface area contributed by atoms with E-state index >= 15 is 0 Å². The van der Waals surface area contributed by atoms with E-state index in [0.29, 0.717) is 34.4 Å². The molecule has 0 N–H and O–H groups in total. The topological polar surface area (TPSA) is 126 Å².